The summed E-state index contributed by atoms with van der Waals surface area (Å²) in [5.41, 5.74) is 6.73. The van der Waals surface area contributed by atoms with Crippen molar-refractivity contribution >= 4 is 48.8 Å². The second-order valence-electron chi connectivity index (χ2n) is 6.09. The zero-order chi connectivity index (χ0) is 15.4. The van der Waals surface area contributed by atoms with E-state index in [1.165, 1.54) is 43.1 Å². The Morgan fingerprint density at radius 1 is 0.435 bits per heavy atom. The highest BCUT2D eigenvalue weighted by Crippen LogP contribution is 2.34. The molecule has 1 nitrogen and oxygen atoms in total. The number of rotatable bonds is 0. The van der Waals surface area contributed by atoms with Gasteiger partial charge >= 0.3 is 0 Å². The van der Waals surface area contributed by atoms with Gasteiger partial charge in [0.05, 0.1) is 0 Å². The molecule has 0 aliphatic rings. The topological polar surface area (TPSA) is 26.0 Å². The van der Waals surface area contributed by atoms with Gasteiger partial charge in [0.2, 0.25) is 0 Å². The third-order valence-corrected chi connectivity index (χ3v) is 4.76. The van der Waals surface area contributed by atoms with Gasteiger partial charge in [-0.25, -0.2) is 0 Å². The van der Waals surface area contributed by atoms with Crippen molar-refractivity contribution in [3.8, 4) is 0 Å². The molecule has 5 aromatic rings. The minimum atomic E-state index is 0.809. The number of hydrogen-bond acceptors (Lipinski definition) is 1. The van der Waals surface area contributed by atoms with E-state index in [-0.39, 0.29) is 0 Å². The van der Waals surface area contributed by atoms with Crippen molar-refractivity contribution in [1.29, 1.82) is 0 Å². The SMILES string of the molecule is Nc1ccc2c(ccc3c2ccc2c4ccccc4ccc23)c1. The summed E-state index contributed by atoms with van der Waals surface area (Å²) in [5.74, 6) is 0. The third-order valence-electron chi connectivity index (χ3n) is 4.76. The third kappa shape index (κ3) is 1.74. The smallest absolute Gasteiger partial charge is 0.0320 e. The summed E-state index contributed by atoms with van der Waals surface area (Å²) >= 11 is 0. The Bertz CT molecular complexity index is 1220. The van der Waals surface area contributed by atoms with Crippen LogP contribution in [0.15, 0.2) is 78.9 Å². The maximum absolute atomic E-state index is 5.92. The molecule has 0 atom stereocenters. The van der Waals surface area contributed by atoms with Crippen LogP contribution in [0.3, 0.4) is 0 Å². The molecule has 0 saturated carbocycles. The Morgan fingerprint density at radius 3 is 1.74 bits per heavy atom. The molecule has 0 heterocycles. The van der Waals surface area contributed by atoms with Gasteiger partial charge in [-0.2, -0.15) is 0 Å². The lowest BCUT2D eigenvalue weighted by Crippen LogP contribution is -1.86. The Morgan fingerprint density at radius 2 is 0.957 bits per heavy atom. The van der Waals surface area contributed by atoms with E-state index in [1.807, 2.05) is 12.1 Å². The molecule has 0 amide bonds. The van der Waals surface area contributed by atoms with Gasteiger partial charge in [-0.15, -0.1) is 0 Å². The molecule has 1 heteroatoms. The molecule has 0 saturated heterocycles. The Labute approximate surface area is 133 Å². The lowest BCUT2D eigenvalue weighted by molar-refractivity contribution is 1.75. The summed E-state index contributed by atoms with van der Waals surface area (Å²) in [4.78, 5) is 0. The Balaban J connectivity index is 2.00. The first kappa shape index (κ1) is 12.5. The van der Waals surface area contributed by atoms with E-state index >= 15 is 0 Å². The van der Waals surface area contributed by atoms with Crippen LogP contribution in [0.25, 0.3) is 43.1 Å². The van der Waals surface area contributed by atoms with Gasteiger partial charge in [0.15, 0.2) is 0 Å². The molecule has 0 aromatic heterocycles. The van der Waals surface area contributed by atoms with E-state index in [4.69, 9.17) is 5.73 Å². The first-order valence-corrected chi connectivity index (χ1v) is 7.84. The lowest BCUT2D eigenvalue weighted by Gasteiger charge is -2.10. The summed E-state index contributed by atoms with van der Waals surface area (Å²) in [6, 6.07) is 28.0. The van der Waals surface area contributed by atoms with Gasteiger partial charge in [-0.1, -0.05) is 66.7 Å². The predicted molar refractivity (Wildman–Crippen MR) is 101 cm³/mol. The average molecular weight is 293 g/mol. The molecule has 5 aromatic carbocycles. The fourth-order valence-electron chi connectivity index (χ4n) is 3.66. The van der Waals surface area contributed by atoms with Crippen LogP contribution < -0.4 is 5.73 Å². The first-order valence-electron chi connectivity index (χ1n) is 7.84. The van der Waals surface area contributed by atoms with Crippen LogP contribution >= 0.6 is 0 Å². The molecule has 0 aliphatic carbocycles. The number of anilines is 1. The standard InChI is InChI=1S/C22H15N/c23-16-7-10-18-15(13-16)6-9-22-20(18)12-11-19-17-4-2-1-3-14(17)5-8-21(19)22/h1-13H,23H2. The molecule has 0 spiro atoms. The molecule has 0 unspecified atom stereocenters. The Kier molecular flexibility index (Phi) is 2.42. The van der Waals surface area contributed by atoms with Gasteiger partial charge < -0.3 is 5.73 Å². The van der Waals surface area contributed by atoms with E-state index in [0.717, 1.165) is 5.69 Å². The largest absolute Gasteiger partial charge is 0.399 e. The molecular formula is C22H15N. The minimum Gasteiger partial charge on any atom is -0.399 e. The van der Waals surface area contributed by atoms with Gasteiger partial charge in [0.1, 0.15) is 0 Å². The zero-order valence-corrected chi connectivity index (χ0v) is 12.6. The highest BCUT2D eigenvalue weighted by molar-refractivity contribution is 6.22. The van der Waals surface area contributed by atoms with E-state index in [2.05, 4.69) is 66.7 Å². The molecule has 0 radical (unpaired) electrons. The van der Waals surface area contributed by atoms with E-state index < -0.39 is 0 Å². The van der Waals surface area contributed by atoms with E-state index in [0.29, 0.717) is 0 Å². The van der Waals surface area contributed by atoms with Crippen LogP contribution in [-0.4, -0.2) is 0 Å². The zero-order valence-electron chi connectivity index (χ0n) is 12.6. The number of fused-ring (bicyclic) bond motifs is 7. The molecule has 5 rings (SSSR count). The fourth-order valence-corrected chi connectivity index (χ4v) is 3.66. The van der Waals surface area contributed by atoms with Crippen LogP contribution in [0, 0.1) is 0 Å². The van der Waals surface area contributed by atoms with Crippen molar-refractivity contribution in [2.24, 2.45) is 0 Å². The maximum atomic E-state index is 5.92. The summed E-state index contributed by atoms with van der Waals surface area (Å²) in [7, 11) is 0. The summed E-state index contributed by atoms with van der Waals surface area (Å²) in [6.45, 7) is 0. The summed E-state index contributed by atoms with van der Waals surface area (Å²) < 4.78 is 0. The molecule has 108 valence electrons. The second-order valence-corrected chi connectivity index (χ2v) is 6.09. The molecule has 0 bridgehead atoms. The van der Waals surface area contributed by atoms with Gasteiger partial charge in [-0.3, -0.25) is 0 Å². The number of hydrogen-bond donors (Lipinski definition) is 1. The molecule has 0 aliphatic heterocycles. The van der Waals surface area contributed by atoms with Crippen LogP contribution in [0.5, 0.6) is 0 Å². The molecule has 23 heavy (non-hydrogen) atoms. The summed E-state index contributed by atoms with van der Waals surface area (Å²) in [6.07, 6.45) is 0. The fraction of sp³-hybridized carbons (Fsp3) is 0. The van der Waals surface area contributed by atoms with Crippen LogP contribution in [0.2, 0.25) is 0 Å². The van der Waals surface area contributed by atoms with Gasteiger partial charge in [0.25, 0.3) is 0 Å². The second kappa shape index (κ2) is 4.47. The number of nitrogen functional groups attached to an aromatic ring is 1. The Hall–Kier alpha value is -3.06. The molecule has 0 fully saturated rings. The number of nitrogens with two attached hydrogens (primary N) is 1. The van der Waals surface area contributed by atoms with E-state index in [9.17, 15) is 0 Å². The maximum Gasteiger partial charge on any atom is 0.0320 e. The normalized spacial score (nSPS) is 11.7. The van der Waals surface area contributed by atoms with Crippen LogP contribution in [0.4, 0.5) is 5.69 Å². The highest BCUT2D eigenvalue weighted by atomic mass is 14.5. The van der Waals surface area contributed by atoms with Crippen molar-refractivity contribution < 1.29 is 0 Å². The monoisotopic (exact) mass is 293 g/mol. The first-order chi connectivity index (χ1) is 11.3. The van der Waals surface area contributed by atoms with Crippen LogP contribution in [0.1, 0.15) is 0 Å². The van der Waals surface area contributed by atoms with Gasteiger partial charge in [-0.05, 0) is 55.2 Å². The summed E-state index contributed by atoms with van der Waals surface area (Å²) in [5, 5.41) is 10.2. The van der Waals surface area contributed by atoms with Gasteiger partial charge in [0, 0.05) is 5.69 Å². The van der Waals surface area contributed by atoms with E-state index in [1.54, 1.807) is 0 Å². The van der Waals surface area contributed by atoms with Crippen molar-refractivity contribution in [2.75, 3.05) is 5.73 Å². The quantitative estimate of drug-likeness (QED) is 0.280. The van der Waals surface area contributed by atoms with Crippen molar-refractivity contribution in [3.63, 3.8) is 0 Å². The molecular weight excluding hydrogens is 278 g/mol. The lowest BCUT2D eigenvalue weighted by atomic mass is 9.94. The average Bonchev–Trinajstić information content (AvgIpc) is 2.60. The van der Waals surface area contributed by atoms with Crippen molar-refractivity contribution in [2.45, 2.75) is 0 Å². The van der Waals surface area contributed by atoms with Crippen molar-refractivity contribution in [1.82, 2.24) is 0 Å². The van der Waals surface area contributed by atoms with Crippen LogP contribution in [-0.2, 0) is 0 Å². The molecule has 2 N–H and O–H groups in total. The number of benzene rings is 5. The minimum absolute atomic E-state index is 0.809. The highest BCUT2D eigenvalue weighted by Gasteiger charge is 2.07. The predicted octanol–water partition coefficient (Wildman–Crippen LogP) is 5.88. The van der Waals surface area contributed by atoms with Crippen molar-refractivity contribution in [3.05, 3.63) is 78.9 Å².